The number of benzene rings is 1. The van der Waals surface area contributed by atoms with Crippen molar-refractivity contribution >= 4 is 17.7 Å². The number of hydrogen-bond donors (Lipinski definition) is 2. The summed E-state index contributed by atoms with van der Waals surface area (Å²) in [5, 5.41) is 11.9. The van der Waals surface area contributed by atoms with Gasteiger partial charge >= 0.3 is 12.0 Å². The Balaban J connectivity index is 2.13. The lowest BCUT2D eigenvalue weighted by molar-refractivity contribution is 0.0697. The van der Waals surface area contributed by atoms with Crippen LogP contribution in [-0.2, 0) is 6.42 Å². The smallest absolute Gasteiger partial charge is 0.335 e. The zero-order valence-corrected chi connectivity index (χ0v) is 11.9. The number of carbonyl (C=O) groups is 2. The first kappa shape index (κ1) is 14.9. The minimum atomic E-state index is -0.958. The molecule has 5 nitrogen and oxygen atoms in total. The molecule has 1 atom stereocenters. The summed E-state index contributed by atoms with van der Waals surface area (Å²) in [5.41, 5.74) is 1.90. The molecule has 0 saturated carbocycles. The standard InChI is InChI=1S/C16H18N2O3/c1-3-5-13(4-2)17-16(21)18-9-8-11-10-12(15(19)20)6-7-14(11)18/h1,6-7,10,13H,4-5,8-9H2,2H3,(H,17,21)(H,19,20). The average molecular weight is 286 g/mol. The van der Waals surface area contributed by atoms with Crippen molar-refractivity contribution in [3.63, 3.8) is 0 Å². The van der Waals surface area contributed by atoms with E-state index in [1.807, 2.05) is 6.92 Å². The first-order valence-electron chi connectivity index (χ1n) is 6.94. The molecule has 2 N–H and O–H groups in total. The lowest BCUT2D eigenvalue weighted by atomic mass is 10.1. The third kappa shape index (κ3) is 3.16. The van der Waals surface area contributed by atoms with Crippen LogP contribution in [-0.4, -0.2) is 29.7 Å². The van der Waals surface area contributed by atoms with Crippen molar-refractivity contribution in [1.29, 1.82) is 0 Å². The summed E-state index contributed by atoms with van der Waals surface area (Å²) in [6, 6.07) is 4.62. The van der Waals surface area contributed by atoms with Crippen LogP contribution in [0.2, 0.25) is 0 Å². The minimum Gasteiger partial charge on any atom is -0.478 e. The Hall–Kier alpha value is -2.48. The number of fused-ring (bicyclic) bond motifs is 1. The Bertz CT molecular complexity index is 604. The molecule has 0 spiro atoms. The van der Waals surface area contributed by atoms with Gasteiger partial charge in [-0.3, -0.25) is 4.90 Å². The third-order valence-electron chi connectivity index (χ3n) is 3.65. The molecular weight excluding hydrogens is 268 g/mol. The van der Waals surface area contributed by atoms with E-state index in [-0.39, 0.29) is 17.6 Å². The van der Waals surface area contributed by atoms with Crippen LogP contribution in [0.15, 0.2) is 18.2 Å². The second-order valence-electron chi connectivity index (χ2n) is 5.01. The Labute approximate surface area is 124 Å². The molecule has 0 bridgehead atoms. The number of amides is 2. The highest BCUT2D eigenvalue weighted by molar-refractivity contribution is 5.96. The van der Waals surface area contributed by atoms with Gasteiger partial charge in [0.05, 0.1) is 5.56 Å². The van der Waals surface area contributed by atoms with Crippen molar-refractivity contribution in [2.75, 3.05) is 11.4 Å². The molecule has 110 valence electrons. The lowest BCUT2D eigenvalue weighted by Crippen LogP contribution is -2.44. The molecule has 0 saturated heterocycles. The normalized spacial score (nSPS) is 14.2. The molecule has 0 aliphatic carbocycles. The highest BCUT2D eigenvalue weighted by Crippen LogP contribution is 2.29. The second kappa shape index (κ2) is 6.31. The van der Waals surface area contributed by atoms with E-state index < -0.39 is 5.97 Å². The van der Waals surface area contributed by atoms with Crippen LogP contribution in [0.25, 0.3) is 0 Å². The summed E-state index contributed by atoms with van der Waals surface area (Å²) >= 11 is 0. The summed E-state index contributed by atoms with van der Waals surface area (Å²) in [5.74, 6) is 1.60. The van der Waals surface area contributed by atoms with Gasteiger partial charge in [0, 0.05) is 24.7 Å². The van der Waals surface area contributed by atoms with Crippen molar-refractivity contribution in [3.05, 3.63) is 29.3 Å². The summed E-state index contributed by atoms with van der Waals surface area (Å²) in [6.07, 6.45) is 7.22. The molecule has 1 aliphatic rings. The molecule has 1 aromatic carbocycles. The third-order valence-corrected chi connectivity index (χ3v) is 3.65. The monoisotopic (exact) mass is 286 g/mol. The molecule has 1 aromatic rings. The van der Waals surface area contributed by atoms with E-state index in [9.17, 15) is 9.59 Å². The van der Waals surface area contributed by atoms with Crippen LogP contribution >= 0.6 is 0 Å². The van der Waals surface area contributed by atoms with Crippen LogP contribution in [0.3, 0.4) is 0 Å². The summed E-state index contributed by atoms with van der Waals surface area (Å²) in [6.45, 7) is 2.52. The average Bonchev–Trinajstić information content (AvgIpc) is 2.89. The van der Waals surface area contributed by atoms with E-state index in [1.165, 1.54) is 6.07 Å². The molecule has 0 aromatic heterocycles. The number of carbonyl (C=O) groups excluding carboxylic acids is 1. The van der Waals surface area contributed by atoms with E-state index in [4.69, 9.17) is 11.5 Å². The van der Waals surface area contributed by atoms with Gasteiger partial charge in [-0.05, 0) is 36.6 Å². The van der Waals surface area contributed by atoms with Gasteiger partial charge in [0.1, 0.15) is 0 Å². The van der Waals surface area contributed by atoms with E-state index in [1.54, 1.807) is 17.0 Å². The van der Waals surface area contributed by atoms with E-state index in [0.717, 1.165) is 17.7 Å². The molecule has 2 amide bonds. The Morgan fingerprint density at radius 2 is 2.29 bits per heavy atom. The maximum Gasteiger partial charge on any atom is 0.335 e. The van der Waals surface area contributed by atoms with Gasteiger partial charge in [-0.2, -0.15) is 0 Å². The van der Waals surface area contributed by atoms with E-state index >= 15 is 0 Å². The number of nitrogens with one attached hydrogen (secondary N) is 1. The fourth-order valence-electron chi connectivity index (χ4n) is 2.44. The number of hydrogen-bond acceptors (Lipinski definition) is 2. The van der Waals surface area contributed by atoms with Gasteiger partial charge < -0.3 is 10.4 Å². The Morgan fingerprint density at radius 3 is 2.90 bits per heavy atom. The molecule has 1 heterocycles. The summed E-state index contributed by atoms with van der Waals surface area (Å²) in [7, 11) is 0. The Morgan fingerprint density at radius 1 is 1.52 bits per heavy atom. The van der Waals surface area contributed by atoms with Crippen molar-refractivity contribution in [1.82, 2.24) is 5.32 Å². The number of aromatic carboxylic acids is 1. The lowest BCUT2D eigenvalue weighted by Gasteiger charge is -2.22. The van der Waals surface area contributed by atoms with Gasteiger partial charge in [0.25, 0.3) is 0 Å². The molecule has 0 fully saturated rings. The number of carboxylic acids is 1. The number of urea groups is 1. The molecule has 2 rings (SSSR count). The molecule has 21 heavy (non-hydrogen) atoms. The van der Waals surface area contributed by atoms with Crippen molar-refractivity contribution in [2.45, 2.75) is 32.2 Å². The van der Waals surface area contributed by atoms with E-state index in [2.05, 4.69) is 11.2 Å². The van der Waals surface area contributed by atoms with Crippen LogP contribution in [0, 0.1) is 12.3 Å². The first-order valence-corrected chi connectivity index (χ1v) is 6.94. The zero-order valence-electron chi connectivity index (χ0n) is 11.9. The van der Waals surface area contributed by atoms with Crippen molar-refractivity contribution in [2.24, 2.45) is 0 Å². The second-order valence-corrected chi connectivity index (χ2v) is 5.01. The predicted molar refractivity (Wildman–Crippen MR) is 80.5 cm³/mol. The van der Waals surface area contributed by atoms with Gasteiger partial charge in [-0.25, -0.2) is 9.59 Å². The summed E-state index contributed by atoms with van der Waals surface area (Å²) < 4.78 is 0. The molecule has 1 unspecified atom stereocenters. The van der Waals surface area contributed by atoms with Gasteiger partial charge in [0.15, 0.2) is 0 Å². The largest absolute Gasteiger partial charge is 0.478 e. The number of rotatable bonds is 4. The Kier molecular flexibility index (Phi) is 4.49. The minimum absolute atomic E-state index is 0.0372. The molecule has 0 radical (unpaired) electrons. The highest BCUT2D eigenvalue weighted by atomic mass is 16.4. The molecular formula is C16H18N2O3. The topological polar surface area (TPSA) is 69.6 Å². The van der Waals surface area contributed by atoms with Gasteiger partial charge in [-0.1, -0.05) is 6.92 Å². The highest BCUT2D eigenvalue weighted by Gasteiger charge is 2.26. The fourth-order valence-corrected chi connectivity index (χ4v) is 2.44. The quantitative estimate of drug-likeness (QED) is 0.834. The van der Waals surface area contributed by atoms with E-state index in [0.29, 0.717) is 19.4 Å². The number of carboxylic acid groups (broad SMARTS) is 1. The summed E-state index contributed by atoms with van der Waals surface area (Å²) in [4.78, 5) is 24.9. The predicted octanol–water partition coefficient (Wildman–Crippen LogP) is 2.26. The zero-order chi connectivity index (χ0) is 15.4. The first-order chi connectivity index (χ1) is 10.1. The van der Waals surface area contributed by atoms with Gasteiger partial charge in [-0.15, -0.1) is 12.3 Å². The maximum absolute atomic E-state index is 12.3. The molecule has 1 aliphatic heterocycles. The molecule has 5 heteroatoms. The van der Waals surface area contributed by atoms with Crippen molar-refractivity contribution < 1.29 is 14.7 Å². The van der Waals surface area contributed by atoms with Crippen LogP contribution in [0.1, 0.15) is 35.7 Å². The van der Waals surface area contributed by atoms with Crippen molar-refractivity contribution in [3.8, 4) is 12.3 Å². The SMILES string of the molecule is C#CCC(CC)NC(=O)N1CCc2cc(C(=O)O)ccc21. The van der Waals surface area contributed by atoms with Gasteiger partial charge in [0.2, 0.25) is 0 Å². The van der Waals surface area contributed by atoms with Crippen LogP contribution in [0.4, 0.5) is 10.5 Å². The number of nitrogens with zero attached hydrogens (tertiary/aromatic N) is 1. The van der Waals surface area contributed by atoms with Crippen LogP contribution in [0.5, 0.6) is 0 Å². The van der Waals surface area contributed by atoms with Crippen LogP contribution < -0.4 is 10.2 Å². The fraction of sp³-hybridized carbons (Fsp3) is 0.375. The number of anilines is 1. The maximum atomic E-state index is 12.3. The number of terminal acetylenes is 1.